The SMILES string of the molecule is Cc1c(Br)cccc1C(O)c1ccc(F)c2ccccc12. The van der Waals surface area contributed by atoms with E-state index in [0.29, 0.717) is 10.9 Å². The lowest BCUT2D eigenvalue weighted by molar-refractivity contribution is 0.221. The largest absolute Gasteiger partial charge is 0.384 e. The average molecular weight is 345 g/mol. The molecule has 0 saturated carbocycles. The number of aliphatic hydroxyl groups is 1. The minimum absolute atomic E-state index is 0.271. The van der Waals surface area contributed by atoms with Gasteiger partial charge in [0.15, 0.2) is 0 Å². The standard InChI is InChI=1S/C18H14BrFO/c1-11-12(7-4-8-16(11)19)18(21)15-9-10-17(20)14-6-3-2-5-13(14)15/h2-10,18,21H,1H3. The molecule has 3 rings (SSSR count). The molecular weight excluding hydrogens is 331 g/mol. The van der Waals surface area contributed by atoms with Crippen molar-refractivity contribution in [1.82, 2.24) is 0 Å². The zero-order valence-electron chi connectivity index (χ0n) is 11.5. The molecule has 3 aromatic carbocycles. The smallest absolute Gasteiger partial charge is 0.131 e. The monoisotopic (exact) mass is 344 g/mol. The molecule has 0 bridgehead atoms. The van der Waals surface area contributed by atoms with Crippen LogP contribution in [0.15, 0.2) is 59.1 Å². The summed E-state index contributed by atoms with van der Waals surface area (Å²) in [6, 6.07) is 16.0. The summed E-state index contributed by atoms with van der Waals surface area (Å²) in [4.78, 5) is 0. The molecule has 3 heteroatoms. The van der Waals surface area contributed by atoms with E-state index in [1.807, 2.05) is 37.3 Å². The Hall–Kier alpha value is -1.71. The maximum atomic E-state index is 13.9. The van der Waals surface area contributed by atoms with Crippen LogP contribution in [0.3, 0.4) is 0 Å². The molecule has 0 amide bonds. The molecule has 1 unspecified atom stereocenters. The summed E-state index contributed by atoms with van der Waals surface area (Å²) in [7, 11) is 0. The van der Waals surface area contributed by atoms with Gasteiger partial charge in [-0.25, -0.2) is 4.39 Å². The van der Waals surface area contributed by atoms with Crippen molar-refractivity contribution in [1.29, 1.82) is 0 Å². The predicted molar refractivity (Wildman–Crippen MR) is 86.8 cm³/mol. The van der Waals surface area contributed by atoms with Gasteiger partial charge < -0.3 is 5.11 Å². The first-order valence-electron chi connectivity index (χ1n) is 6.70. The third kappa shape index (κ3) is 2.47. The molecule has 1 N–H and O–H groups in total. The van der Waals surface area contributed by atoms with Gasteiger partial charge in [-0.05, 0) is 41.1 Å². The minimum Gasteiger partial charge on any atom is -0.384 e. The number of aliphatic hydroxyl groups excluding tert-OH is 1. The molecule has 0 aliphatic carbocycles. The quantitative estimate of drug-likeness (QED) is 0.683. The molecule has 1 nitrogen and oxygen atoms in total. The first-order valence-corrected chi connectivity index (χ1v) is 7.49. The molecule has 0 heterocycles. The molecule has 0 spiro atoms. The fourth-order valence-electron chi connectivity index (χ4n) is 2.61. The van der Waals surface area contributed by atoms with Crippen LogP contribution >= 0.6 is 15.9 Å². The van der Waals surface area contributed by atoms with Crippen molar-refractivity contribution in [2.24, 2.45) is 0 Å². The highest BCUT2D eigenvalue weighted by molar-refractivity contribution is 9.10. The topological polar surface area (TPSA) is 20.2 Å². The zero-order chi connectivity index (χ0) is 15.0. The van der Waals surface area contributed by atoms with Crippen molar-refractivity contribution in [3.8, 4) is 0 Å². The Morgan fingerprint density at radius 3 is 2.38 bits per heavy atom. The van der Waals surface area contributed by atoms with Crippen molar-refractivity contribution >= 4 is 26.7 Å². The van der Waals surface area contributed by atoms with E-state index in [9.17, 15) is 9.50 Å². The maximum absolute atomic E-state index is 13.9. The van der Waals surface area contributed by atoms with Crippen molar-refractivity contribution in [2.45, 2.75) is 13.0 Å². The molecule has 0 fully saturated rings. The van der Waals surface area contributed by atoms with Gasteiger partial charge in [-0.3, -0.25) is 0 Å². The zero-order valence-corrected chi connectivity index (χ0v) is 13.1. The van der Waals surface area contributed by atoms with Gasteiger partial charge in [0.1, 0.15) is 11.9 Å². The van der Waals surface area contributed by atoms with Gasteiger partial charge in [-0.2, -0.15) is 0 Å². The molecule has 0 saturated heterocycles. The van der Waals surface area contributed by atoms with Crippen molar-refractivity contribution in [2.75, 3.05) is 0 Å². The second-order valence-electron chi connectivity index (χ2n) is 5.04. The van der Waals surface area contributed by atoms with E-state index < -0.39 is 6.10 Å². The summed E-state index contributed by atoms with van der Waals surface area (Å²) in [5.41, 5.74) is 2.52. The fourth-order valence-corrected chi connectivity index (χ4v) is 2.99. The van der Waals surface area contributed by atoms with Gasteiger partial charge in [-0.1, -0.05) is 58.4 Å². The van der Waals surface area contributed by atoms with Crippen LogP contribution in [0.5, 0.6) is 0 Å². The van der Waals surface area contributed by atoms with Crippen LogP contribution in [0.25, 0.3) is 10.8 Å². The van der Waals surface area contributed by atoms with E-state index >= 15 is 0 Å². The maximum Gasteiger partial charge on any atom is 0.131 e. The van der Waals surface area contributed by atoms with Crippen LogP contribution in [0.4, 0.5) is 4.39 Å². The summed E-state index contributed by atoms with van der Waals surface area (Å²) in [6.45, 7) is 1.95. The first-order chi connectivity index (χ1) is 10.1. The van der Waals surface area contributed by atoms with E-state index in [-0.39, 0.29) is 5.82 Å². The van der Waals surface area contributed by atoms with Crippen molar-refractivity contribution in [3.05, 3.63) is 81.6 Å². The molecule has 0 radical (unpaired) electrons. The second kappa shape index (κ2) is 5.58. The Labute approximate surface area is 131 Å². The summed E-state index contributed by atoms with van der Waals surface area (Å²) < 4.78 is 14.8. The molecule has 21 heavy (non-hydrogen) atoms. The van der Waals surface area contributed by atoms with E-state index in [1.54, 1.807) is 18.2 Å². The van der Waals surface area contributed by atoms with Crippen LogP contribution < -0.4 is 0 Å². The molecule has 1 atom stereocenters. The van der Waals surface area contributed by atoms with E-state index in [2.05, 4.69) is 15.9 Å². The average Bonchev–Trinajstić information content (AvgIpc) is 2.50. The lowest BCUT2D eigenvalue weighted by Gasteiger charge is -2.17. The Kier molecular flexibility index (Phi) is 3.79. The van der Waals surface area contributed by atoms with Gasteiger partial charge >= 0.3 is 0 Å². The van der Waals surface area contributed by atoms with Crippen molar-refractivity contribution in [3.63, 3.8) is 0 Å². The number of rotatable bonds is 2. The Morgan fingerprint density at radius 2 is 1.62 bits per heavy atom. The molecule has 3 aromatic rings. The first kappa shape index (κ1) is 14.2. The second-order valence-corrected chi connectivity index (χ2v) is 5.89. The Balaban J connectivity index is 2.21. The number of hydrogen-bond acceptors (Lipinski definition) is 1. The highest BCUT2D eigenvalue weighted by Gasteiger charge is 2.17. The molecule has 0 aliphatic heterocycles. The van der Waals surface area contributed by atoms with Crippen LogP contribution in [0.2, 0.25) is 0 Å². The van der Waals surface area contributed by atoms with E-state index in [0.717, 1.165) is 21.0 Å². The Morgan fingerprint density at radius 1 is 0.905 bits per heavy atom. The fraction of sp³-hybridized carbons (Fsp3) is 0.111. The summed E-state index contributed by atoms with van der Waals surface area (Å²) in [5.74, 6) is -0.271. The van der Waals surface area contributed by atoms with Crippen LogP contribution in [-0.2, 0) is 0 Å². The highest BCUT2D eigenvalue weighted by Crippen LogP contribution is 2.33. The molecular formula is C18H14BrFO. The summed E-state index contributed by atoms with van der Waals surface area (Å²) in [5, 5.41) is 12.0. The minimum atomic E-state index is -0.784. The third-order valence-corrected chi connectivity index (χ3v) is 4.66. The lowest BCUT2D eigenvalue weighted by Crippen LogP contribution is -2.03. The number of halogens is 2. The highest BCUT2D eigenvalue weighted by atomic mass is 79.9. The number of fused-ring (bicyclic) bond motifs is 1. The van der Waals surface area contributed by atoms with Gasteiger partial charge in [-0.15, -0.1) is 0 Å². The van der Waals surface area contributed by atoms with Crippen LogP contribution in [0.1, 0.15) is 22.8 Å². The number of benzene rings is 3. The molecule has 0 aromatic heterocycles. The van der Waals surface area contributed by atoms with Crippen molar-refractivity contribution < 1.29 is 9.50 Å². The lowest BCUT2D eigenvalue weighted by atomic mass is 9.93. The van der Waals surface area contributed by atoms with Gasteiger partial charge in [0.25, 0.3) is 0 Å². The van der Waals surface area contributed by atoms with E-state index in [1.165, 1.54) is 6.07 Å². The Bertz CT molecular complexity index is 813. The number of hydrogen-bond donors (Lipinski definition) is 1. The van der Waals surface area contributed by atoms with E-state index in [4.69, 9.17) is 0 Å². The summed E-state index contributed by atoms with van der Waals surface area (Å²) >= 11 is 3.48. The van der Waals surface area contributed by atoms with Crippen LogP contribution in [0, 0.1) is 12.7 Å². The third-order valence-electron chi connectivity index (χ3n) is 3.80. The van der Waals surface area contributed by atoms with Gasteiger partial charge in [0.2, 0.25) is 0 Å². The summed E-state index contributed by atoms with van der Waals surface area (Å²) in [6.07, 6.45) is -0.784. The van der Waals surface area contributed by atoms with Gasteiger partial charge in [0.05, 0.1) is 0 Å². The predicted octanol–water partition coefficient (Wildman–Crippen LogP) is 5.13. The van der Waals surface area contributed by atoms with Gasteiger partial charge in [0, 0.05) is 9.86 Å². The molecule has 106 valence electrons. The molecule has 0 aliphatic rings. The van der Waals surface area contributed by atoms with Crippen LogP contribution in [-0.4, -0.2) is 5.11 Å². The normalized spacial score (nSPS) is 12.6.